The summed E-state index contributed by atoms with van der Waals surface area (Å²) in [6, 6.07) is 0.388. The van der Waals surface area contributed by atoms with Crippen molar-refractivity contribution in [1.29, 1.82) is 0 Å². The minimum atomic E-state index is -0.210. The lowest BCUT2D eigenvalue weighted by Gasteiger charge is -2.14. The highest BCUT2D eigenvalue weighted by Crippen LogP contribution is 2.32. The molecule has 2 rings (SSSR count). The number of thioether (sulfide) groups is 1. The highest BCUT2D eigenvalue weighted by atomic mass is 32.2. The molecule has 0 aliphatic heterocycles. The summed E-state index contributed by atoms with van der Waals surface area (Å²) in [5.41, 5.74) is 0. The molecule has 1 unspecified atom stereocenters. The first-order chi connectivity index (χ1) is 10.2. The first-order valence-corrected chi connectivity index (χ1v) is 8.31. The van der Waals surface area contributed by atoms with Gasteiger partial charge in [-0.3, -0.25) is 4.79 Å². The van der Waals surface area contributed by atoms with Crippen LogP contribution in [-0.2, 0) is 9.53 Å². The van der Waals surface area contributed by atoms with Gasteiger partial charge in [-0.25, -0.2) is 4.68 Å². The molecular formula is C13H23N5O2S. The Morgan fingerprint density at radius 1 is 1.52 bits per heavy atom. The van der Waals surface area contributed by atoms with Gasteiger partial charge in [-0.05, 0) is 36.6 Å². The normalized spacial score (nSPS) is 17.0. The standard InChI is InChI=1S/C13H23N5O2S/c1-10(12(19)14-8-5-9-20-2)21-13-15-16-17-18(13)11-6-3-4-7-11/h10-11H,3-9H2,1-2H3,(H,14,19). The lowest BCUT2D eigenvalue weighted by Crippen LogP contribution is -2.32. The van der Waals surface area contributed by atoms with Crippen LogP contribution in [0.3, 0.4) is 0 Å². The SMILES string of the molecule is COCCCNC(=O)C(C)Sc1nnnn1C1CCCC1. The molecular weight excluding hydrogens is 290 g/mol. The fourth-order valence-electron chi connectivity index (χ4n) is 2.42. The van der Waals surface area contributed by atoms with Crippen LogP contribution < -0.4 is 5.32 Å². The maximum Gasteiger partial charge on any atom is 0.233 e. The molecule has 1 atom stereocenters. The van der Waals surface area contributed by atoms with E-state index in [1.807, 2.05) is 11.6 Å². The minimum absolute atomic E-state index is 0.0112. The largest absolute Gasteiger partial charge is 0.385 e. The third-order valence-electron chi connectivity index (χ3n) is 3.61. The molecule has 1 aromatic heterocycles. The van der Waals surface area contributed by atoms with E-state index in [0.717, 1.165) is 24.4 Å². The van der Waals surface area contributed by atoms with Crippen molar-refractivity contribution in [1.82, 2.24) is 25.5 Å². The van der Waals surface area contributed by atoms with E-state index in [9.17, 15) is 4.79 Å². The van der Waals surface area contributed by atoms with E-state index in [0.29, 0.717) is 19.2 Å². The number of carbonyl (C=O) groups is 1. The maximum atomic E-state index is 12.0. The van der Waals surface area contributed by atoms with Gasteiger partial charge in [0.25, 0.3) is 0 Å². The number of methoxy groups -OCH3 is 1. The van der Waals surface area contributed by atoms with Crippen molar-refractivity contribution in [3.05, 3.63) is 0 Å². The summed E-state index contributed by atoms with van der Waals surface area (Å²) < 4.78 is 6.84. The van der Waals surface area contributed by atoms with E-state index in [1.165, 1.54) is 24.6 Å². The average Bonchev–Trinajstić information content (AvgIpc) is 3.13. The van der Waals surface area contributed by atoms with Gasteiger partial charge in [0.05, 0.1) is 11.3 Å². The average molecular weight is 313 g/mol. The number of hydrogen-bond donors (Lipinski definition) is 1. The zero-order valence-electron chi connectivity index (χ0n) is 12.6. The Morgan fingerprint density at radius 3 is 3.00 bits per heavy atom. The number of nitrogens with one attached hydrogen (secondary N) is 1. The molecule has 0 radical (unpaired) electrons. The zero-order valence-corrected chi connectivity index (χ0v) is 13.4. The van der Waals surface area contributed by atoms with Gasteiger partial charge in [0, 0.05) is 20.3 Å². The van der Waals surface area contributed by atoms with E-state index in [1.54, 1.807) is 7.11 Å². The van der Waals surface area contributed by atoms with Gasteiger partial charge in [0.1, 0.15) is 0 Å². The number of carbonyl (C=O) groups excluding carboxylic acids is 1. The van der Waals surface area contributed by atoms with Crippen molar-refractivity contribution in [2.75, 3.05) is 20.3 Å². The minimum Gasteiger partial charge on any atom is -0.385 e. The van der Waals surface area contributed by atoms with Crippen LogP contribution in [-0.4, -0.2) is 51.6 Å². The monoisotopic (exact) mass is 313 g/mol. The number of nitrogens with zero attached hydrogens (tertiary/aromatic N) is 4. The molecule has 1 aliphatic rings. The van der Waals surface area contributed by atoms with Crippen LogP contribution in [0.2, 0.25) is 0 Å². The first kappa shape index (κ1) is 16.2. The summed E-state index contributed by atoms with van der Waals surface area (Å²) >= 11 is 1.42. The van der Waals surface area contributed by atoms with Crippen LogP contribution in [0.5, 0.6) is 0 Å². The van der Waals surface area contributed by atoms with Crippen molar-refractivity contribution in [3.8, 4) is 0 Å². The lowest BCUT2D eigenvalue weighted by molar-refractivity contribution is -0.120. The number of ether oxygens (including phenoxy) is 1. The highest BCUT2D eigenvalue weighted by Gasteiger charge is 2.24. The third-order valence-corrected chi connectivity index (χ3v) is 4.66. The Bertz CT molecular complexity index is 448. The smallest absolute Gasteiger partial charge is 0.233 e. The van der Waals surface area contributed by atoms with Crippen molar-refractivity contribution in [2.45, 2.75) is 55.5 Å². The van der Waals surface area contributed by atoms with E-state index in [2.05, 4.69) is 20.8 Å². The van der Waals surface area contributed by atoms with Gasteiger partial charge in [-0.15, -0.1) is 5.10 Å². The van der Waals surface area contributed by atoms with Gasteiger partial charge in [-0.2, -0.15) is 0 Å². The summed E-state index contributed by atoms with van der Waals surface area (Å²) in [4.78, 5) is 12.0. The number of hydrogen-bond acceptors (Lipinski definition) is 6. The molecule has 0 spiro atoms. The zero-order chi connectivity index (χ0) is 15.1. The third kappa shape index (κ3) is 4.67. The van der Waals surface area contributed by atoms with E-state index >= 15 is 0 Å². The van der Waals surface area contributed by atoms with E-state index < -0.39 is 0 Å². The molecule has 1 N–H and O–H groups in total. The number of tetrazole rings is 1. The molecule has 1 amide bonds. The Labute approximate surface area is 129 Å². The predicted octanol–water partition coefficient (Wildman–Crippen LogP) is 1.42. The topological polar surface area (TPSA) is 81.9 Å². The summed E-state index contributed by atoms with van der Waals surface area (Å²) in [6.07, 6.45) is 5.51. The van der Waals surface area contributed by atoms with Crippen LogP contribution in [0, 0.1) is 0 Å². The fraction of sp³-hybridized carbons (Fsp3) is 0.846. The van der Waals surface area contributed by atoms with Crippen LogP contribution >= 0.6 is 11.8 Å². The number of amides is 1. The van der Waals surface area contributed by atoms with Crippen molar-refractivity contribution < 1.29 is 9.53 Å². The summed E-state index contributed by atoms with van der Waals surface area (Å²) in [5, 5.41) is 15.3. The molecule has 0 bridgehead atoms. The molecule has 8 heteroatoms. The molecule has 1 heterocycles. The van der Waals surface area contributed by atoms with Gasteiger partial charge in [0.2, 0.25) is 11.1 Å². The Kier molecular flexibility index (Phi) is 6.44. The molecule has 0 aromatic carbocycles. The highest BCUT2D eigenvalue weighted by molar-refractivity contribution is 8.00. The Hall–Kier alpha value is -1.15. The van der Waals surface area contributed by atoms with Crippen LogP contribution in [0.4, 0.5) is 0 Å². The fourth-order valence-corrected chi connectivity index (χ4v) is 3.31. The molecule has 1 saturated carbocycles. The van der Waals surface area contributed by atoms with Gasteiger partial charge in [0.15, 0.2) is 0 Å². The molecule has 0 saturated heterocycles. The molecule has 21 heavy (non-hydrogen) atoms. The first-order valence-electron chi connectivity index (χ1n) is 7.43. The summed E-state index contributed by atoms with van der Waals surface area (Å²) in [5.74, 6) is 0.0112. The Morgan fingerprint density at radius 2 is 2.29 bits per heavy atom. The molecule has 1 aliphatic carbocycles. The lowest BCUT2D eigenvalue weighted by atomic mass is 10.3. The van der Waals surface area contributed by atoms with Crippen LogP contribution in [0.1, 0.15) is 45.1 Å². The van der Waals surface area contributed by atoms with Crippen molar-refractivity contribution in [3.63, 3.8) is 0 Å². The second-order valence-corrected chi connectivity index (χ2v) is 6.55. The predicted molar refractivity (Wildman–Crippen MR) is 80.1 cm³/mol. The van der Waals surface area contributed by atoms with Gasteiger partial charge >= 0.3 is 0 Å². The van der Waals surface area contributed by atoms with E-state index in [-0.39, 0.29) is 11.2 Å². The number of aromatic nitrogens is 4. The van der Waals surface area contributed by atoms with Crippen LogP contribution in [0.15, 0.2) is 5.16 Å². The second kappa shape index (κ2) is 8.33. The van der Waals surface area contributed by atoms with Crippen molar-refractivity contribution in [2.24, 2.45) is 0 Å². The Balaban J connectivity index is 1.83. The maximum absolute atomic E-state index is 12.0. The van der Waals surface area contributed by atoms with Crippen molar-refractivity contribution >= 4 is 17.7 Å². The van der Waals surface area contributed by atoms with E-state index in [4.69, 9.17) is 4.74 Å². The quantitative estimate of drug-likeness (QED) is 0.577. The van der Waals surface area contributed by atoms with Gasteiger partial charge in [-0.1, -0.05) is 24.6 Å². The second-order valence-electron chi connectivity index (χ2n) is 5.24. The van der Waals surface area contributed by atoms with Gasteiger partial charge < -0.3 is 10.1 Å². The summed E-state index contributed by atoms with van der Waals surface area (Å²) in [7, 11) is 1.66. The molecule has 1 aromatic rings. The molecule has 7 nitrogen and oxygen atoms in total. The molecule has 118 valence electrons. The number of rotatable bonds is 8. The van der Waals surface area contributed by atoms with Crippen LogP contribution in [0.25, 0.3) is 0 Å². The molecule has 1 fully saturated rings. The summed E-state index contributed by atoms with van der Waals surface area (Å²) in [6.45, 7) is 3.16.